The maximum atomic E-state index is 12.5. The highest BCUT2D eigenvalue weighted by molar-refractivity contribution is 5.95. The molecule has 2 rings (SSSR count). The van der Waals surface area contributed by atoms with Gasteiger partial charge in [0.05, 0.1) is 23.6 Å². The highest BCUT2D eigenvalue weighted by atomic mass is 16.2. The molecule has 2 amide bonds. The van der Waals surface area contributed by atoms with Gasteiger partial charge in [0, 0.05) is 25.7 Å². The number of primary amides is 1. The van der Waals surface area contributed by atoms with E-state index in [1.165, 1.54) is 0 Å². The molecule has 1 heterocycles. The van der Waals surface area contributed by atoms with Crippen molar-refractivity contribution < 1.29 is 9.59 Å². The van der Waals surface area contributed by atoms with Crippen LogP contribution in [-0.4, -0.2) is 34.7 Å². The van der Waals surface area contributed by atoms with Crippen LogP contribution in [0.1, 0.15) is 23.4 Å². The SMILES string of the molecule is Cc1cccc(N(CCC(N)=O)CC(=O)Nc2c(C)nn(C)c2C)c1. The molecular weight excluding hydrogens is 318 g/mol. The number of hydrogen-bond donors (Lipinski definition) is 2. The number of carbonyl (C=O) groups is 2. The Morgan fingerprint density at radius 3 is 2.56 bits per heavy atom. The molecule has 0 unspecified atom stereocenters. The zero-order valence-corrected chi connectivity index (χ0v) is 15.2. The van der Waals surface area contributed by atoms with E-state index in [1.54, 1.807) is 4.68 Å². The van der Waals surface area contributed by atoms with Gasteiger partial charge in [-0.25, -0.2) is 0 Å². The molecule has 0 aliphatic rings. The average Bonchev–Trinajstić information content (AvgIpc) is 2.77. The van der Waals surface area contributed by atoms with E-state index < -0.39 is 5.91 Å². The molecule has 0 spiro atoms. The van der Waals surface area contributed by atoms with E-state index in [-0.39, 0.29) is 18.9 Å². The van der Waals surface area contributed by atoms with Crippen molar-refractivity contribution in [1.82, 2.24) is 9.78 Å². The number of hydrogen-bond acceptors (Lipinski definition) is 4. The third-order valence-electron chi connectivity index (χ3n) is 4.10. The van der Waals surface area contributed by atoms with Crippen molar-refractivity contribution in [3.8, 4) is 0 Å². The Morgan fingerprint density at radius 1 is 1.28 bits per heavy atom. The predicted molar refractivity (Wildman–Crippen MR) is 98.5 cm³/mol. The van der Waals surface area contributed by atoms with Gasteiger partial charge < -0.3 is 16.0 Å². The zero-order chi connectivity index (χ0) is 18.6. The second-order valence-electron chi connectivity index (χ2n) is 6.19. The number of carbonyl (C=O) groups excluding carboxylic acids is 2. The number of anilines is 2. The number of aryl methyl sites for hydroxylation is 3. The van der Waals surface area contributed by atoms with Gasteiger partial charge in [-0.15, -0.1) is 0 Å². The normalized spacial score (nSPS) is 10.6. The summed E-state index contributed by atoms with van der Waals surface area (Å²) in [7, 11) is 1.84. The monoisotopic (exact) mass is 343 g/mol. The van der Waals surface area contributed by atoms with E-state index in [0.29, 0.717) is 6.54 Å². The van der Waals surface area contributed by atoms with Gasteiger partial charge in [0.2, 0.25) is 11.8 Å². The molecule has 0 atom stereocenters. The van der Waals surface area contributed by atoms with Gasteiger partial charge >= 0.3 is 0 Å². The first-order chi connectivity index (χ1) is 11.8. The molecule has 0 aliphatic carbocycles. The topological polar surface area (TPSA) is 93.2 Å². The summed E-state index contributed by atoms with van der Waals surface area (Å²) in [6.45, 7) is 6.26. The van der Waals surface area contributed by atoms with E-state index in [0.717, 1.165) is 28.3 Å². The smallest absolute Gasteiger partial charge is 0.243 e. The van der Waals surface area contributed by atoms with Crippen LogP contribution in [0.4, 0.5) is 11.4 Å². The molecule has 0 saturated heterocycles. The summed E-state index contributed by atoms with van der Waals surface area (Å²) in [5.74, 6) is -0.554. The van der Waals surface area contributed by atoms with E-state index in [4.69, 9.17) is 5.73 Å². The van der Waals surface area contributed by atoms with Crippen LogP contribution in [0, 0.1) is 20.8 Å². The summed E-state index contributed by atoms with van der Waals surface area (Å²) in [4.78, 5) is 25.5. The molecule has 0 bridgehead atoms. The second-order valence-corrected chi connectivity index (χ2v) is 6.19. The first-order valence-corrected chi connectivity index (χ1v) is 8.18. The van der Waals surface area contributed by atoms with Crippen molar-refractivity contribution in [2.75, 3.05) is 23.3 Å². The third kappa shape index (κ3) is 4.82. The first kappa shape index (κ1) is 18.5. The number of nitrogens with one attached hydrogen (secondary N) is 1. The standard InChI is InChI=1S/C18H25N5O2/c1-12-6-5-7-15(10-12)23(9-8-16(19)24)11-17(25)20-18-13(2)21-22(4)14(18)3/h5-7,10H,8-9,11H2,1-4H3,(H2,19,24)(H,20,25). The van der Waals surface area contributed by atoms with E-state index >= 15 is 0 Å². The van der Waals surface area contributed by atoms with Crippen molar-refractivity contribution in [2.45, 2.75) is 27.2 Å². The lowest BCUT2D eigenvalue weighted by atomic mass is 10.2. The molecule has 0 radical (unpaired) electrons. The highest BCUT2D eigenvalue weighted by Gasteiger charge is 2.16. The van der Waals surface area contributed by atoms with Crippen molar-refractivity contribution >= 4 is 23.2 Å². The minimum absolute atomic E-state index is 0.129. The second kappa shape index (κ2) is 7.83. The summed E-state index contributed by atoms with van der Waals surface area (Å²) in [5, 5.41) is 7.22. The van der Waals surface area contributed by atoms with Crippen molar-refractivity contribution in [3.63, 3.8) is 0 Å². The van der Waals surface area contributed by atoms with Gasteiger partial charge in [0.25, 0.3) is 0 Å². The molecule has 134 valence electrons. The Kier molecular flexibility index (Phi) is 5.80. The Balaban J connectivity index is 2.15. The van der Waals surface area contributed by atoms with Crippen LogP contribution in [0.3, 0.4) is 0 Å². The number of benzene rings is 1. The molecule has 0 saturated carbocycles. The minimum Gasteiger partial charge on any atom is -0.370 e. The molecule has 1 aromatic heterocycles. The number of nitrogens with zero attached hydrogens (tertiary/aromatic N) is 3. The van der Waals surface area contributed by atoms with Gasteiger partial charge in [-0.2, -0.15) is 5.10 Å². The average molecular weight is 343 g/mol. The molecule has 3 N–H and O–H groups in total. The predicted octanol–water partition coefficient (Wildman–Crippen LogP) is 1.67. The van der Waals surface area contributed by atoms with Gasteiger partial charge in [0.15, 0.2) is 0 Å². The summed E-state index contributed by atoms with van der Waals surface area (Å²) < 4.78 is 1.73. The summed E-state index contributed by atoms with van der Waals surface area (Å²) in [5.41, 5.74) is 9.63. The maximum absolute atomic E-state index is 12.5. The quantitative estimate of drug-likeness (QED) is 0.800. The lowest BCUT2D eigenvalue weighted by Gasteiger charge is -2.24. The maximum Gasteiger partial charge on any atom is 0.243 e. The van der Waals surface area contributed by atoms with Crippen molar-refractivity contribution in [2.24, 2.45) is 12.8 Å². The lowest BCUT2D eigenvalue weighted by molar-refractivity contribution is -0.118. The largest absolute Gasteiger partial charge is 0.370 e. The molecular formula is C18H25N5O2. The van der Waals surface area contributed by atoms with Crippen LogP contribution in [0.25, 0.3) is 0 Å². The van der Waals surface area contributed by atoms with Crippen molar-refractivity contribution in [1.29, 1.82) is 0 Å². The molecule has 2 aromatic rings. The number of nitrogens with two attached hydrogens (primary N) is 1. The molecule has 1 aromatic carbocycles. The fourth-order valence-corrected chi connectivity index (χ4v) is 2.68. The van der Waals surface area contributed by atoms with Gasteiger partial charge in [-0.3, -0.25) is 14.3 Å². The fourth-order valence-electron chi connectivity index (χ4n) is 2.68. The van der Waals surface area contributed by atoms with Crippen molar-refractivity contribution in [3.05, 3.63) is 41.2 Å². The Labute approximate surface area is 147 Å². The lowest BCUT2D eigenvalue weighted by Crippen LogP contribution is -2.35. The minimum atomic E-state index is -0.392. The van der Waals surface area contributed by atoms with Crippen LogP contribution in [0.5, 0.6) is 0 Å². The molecule has 0 fully saturated rings. The zero-order valence-electron chi connectivity index (χ0n) is 15.2. The van der Waals surface area contributed by atoms with Gasteiger partial charge in [-0.05, 0) is 38.5 Å². The highest BCUT2D eigenvalue weighted by Crippen LogP contribution is 2.20. The van der Waals surface area contributed by atoms with E-state index in [9.17, 15) is 9.59 Å². The summed E-state index contributed by atoms with van der Waals surface area (Å²) in [6.07, 6.45) is 0.187. The Bertz CT molecular complexity index is 782. The van der Waals surface area contributed by atoms with Gasteiger partial charge in [0.1, 0.15) is 0 Å². The van der Waals surface area contributed by atoms with Crippen LogP contribution >= 0.6 is 0 Å². The van der Waals surface area contributed by atoms with Crippen LogP contribution in [0.15, 0.2) is 24.3 Å². The van der Waals surface area contributed by atoms with E-state index in [1.807, 2.05) is 57.0 Å². The van der Waals surface area contributed by atoms with Crippen LogP contribution in [-0.2, 0) is 16.6 Å². The molecule has 7 nitrogen and oxygen atoms in total. The van der Waals surface area contributed by atoms with Crippen LogP contribution < -0.4 is 16.0 Å². The molecule has 25 heavy (non-hydrogen) atoms. The number of amides is 2. The summed E-state index contributed by atoms with van der Waals surface area (Å²) >= 11 is 0. The Hall–Kier alpha value is -2.83. The van der Waals surface area contributed by atoms with E-state index in [2.05, 4.69) is 10.4 Å². The van der Waals surface area contributed by atoms with Gasteiger partial charge in [-0.1, -0.05) is 12.1 Å². The Morgan fingerprint density at radius 2 is 2.00 bits per heavy atom. The molecule has 7 heteroatoms. The first-order valence-electron chi connectivity index (χ1n) is 8.18. The third-order valence-corrected chi connectivity index (χ3v) is 4.10. The van der Waals surface area contributed by atoms with Crippen LogP contribution in [0.2, 0.25) is 0 Å². The number of rotatable bonds is 7. The summed E-state index contributed by atoms with van der Waals surface area (Å²) in [6, 6.07) is 7.81. The fraction of sp³-hybridized carbons (Fsp3) is 0.389. The molecule has 0 aliphatic heterocycles. The number of aromatic nitrogens is 2.